The lowest BCUT2D eigenvalue weighted by Gasteiger charge is -2.64. The summed E-state index contributed by atoms with van der Waals surface area (Å²) >= 11 is 0. The molecule has 4 rings (SSSR count). The Hall–Kier alpha value is -1.14. The number of aliphatic hydroxyl groups is 1. The van der Waals surface area contributed by atoms with Gasteiger partial charge in [0.05, 0.1) is 0 Å². The van der Waals surface area contributed by atoms with Crippen LogP contribution in [0.1, 0.15) is 72.1 Å². The maximum Gasteiger partial charge on any atom is 0.133 e. The van der Waals surface area contributed by atoms with E-state index < -0.39 is 5.60 Å². The summed E-state index contributed by atoms with van der Waals surface area (Å²) in [6.07, 6.45) is 12.7. The van der Waals surface area contributed by atoms with E-state index in [1.165, 1.54) is 0 Å². The highest BCUT2D eigenvalue weighted by Gasteiger charge is 2.67. The molecular weight excluding hydrogens is 324 g/mol. The highest BCUT2D eigenvalue weighted by molar-refractivity contribution is 5.80. The normalized spacial score (nSPS) is 53.2. The fraction of sp³-hybridized carbons (Fsp3) is 0.826. The fourth-order valence-electron chi connectivity index (χ4n) is 8.17. The van der Waals surface area contributed by atoms with Crippen LogP contribution in [0.5, 0.6) is 0 Å². The summed E-state index contributed by atoms with van der Waals surface area (Å²) in [4.78, 5) is 24.4. The maximum absolute atomic E-state index is 12.3. The van der Waals surface area contributed by atoms with Crippen molar-refractivity contribution in [3.05, 3.63) is 0 Å². The number of terminal acetylenes is 1. The van der Waals surface area contributed by atoms with Gasteiger partial charge in [-0.1, -0.05) is 19.8 Å². The second-order valence-corrected chi connectivity index (χ2v) is 10.3. The van der Waals surface area contributed by atoms with E-state index in [0.29, 0.717) is 42.8 Å². The summed E-state index contributed by atoms with van der Waals surface area (Å²) < 4.78 is 0. The smallest absolute Gasteiger partial charge is 0.133 e. The third kappa shape index (κ3) is 2.24. The van der Waals surface area contributed by atoms with E-state index in [1.54, 1.807) is 6.92 Å². The van der Waals surface area contributed by atoms with Crippen molar-refractivity contribution < 1.29 is 14.7 Å². The molecule has 0 bridgehead atoms. The van der Waals surface area contributed by atoms with Gasteiger partial charge < -0.3 is 5.11 Å². The van der Waals surface area contributed by atoms with Gasteiger partial charge in [-0.2, -0.15) is 0 Å². The molecule has 142 valence electrons. The van der Waals surface area contributed by atoms with E-state index in [9.17, 15) is 14.7 Å². The largest absolute Gasteiger partial charge is 0.377 e. The highest BCUT2D eigenvalue weighted by atomic mass is 16.3. The zero-order chi connectivity index (χ0) is 18.9. The lowest BCUT2D eigenvalue weighted by atomic mass is 9.41. The SMILES string of the molecule is C#C[C@]1(O)C[C@]2(C)[C@@H](C(C)=O)CC[C@H]2[C@@H]2CC[C@@H]3CC(=O)CC[C@]3(C)[C@H]21. The molecule has 4 fully saturated rings. The topological polar surface area (TPSA) is 54.4 Å². The minimum absolute atomic E-state index is 0.0202. The zero-order valence-electron chi connectivity index (χ0n) is 16.4. The number of Topliss-reactive ketones (excluding diaryl/α,β-unsaturated/α-hetero) is 2. The van der Waals surface area contributed by atoms with Gasteiger partial charge in [0, 0.05) is 24.7 Å². The molecule has 4 saturated carbocycles. The van der Waals surface area contributed by atoms with Gasteiger partial charge in [-0.25, -0.2) is 0 Å². The molecule has 1 N–H and O–H groups in total. The number of hydrogen-bond acceptors (Lipinski definition) is 3. The van der Waals surface area contributed by atoms with E-state index in [0.717, 1.165) is 32.1 Å². The monoisotopic (exact) mass is 356 g/mol. The quantitative estimate of drug-likeness (QED) is 0.728. The molecule has 0 saturated heterocycles. The predicted molar refractivity (Wildman–Crippen MR) is 100 cm³/mol. The van der Waals surface area contributed by atoms with E-state index in [4.69, 9.17) is 6.42 Å². The standard InChI is InChI=1S/C23H32O3/c1-5-23(26)13-22(4)18(14(2)24)8-9-19(22)17-7-6-15-12-16(25)10-11-21(15,3)20(17)23/h1,15,17-20,26H,6-13H2,2-4H3/t15-,17+,18-,19+,20+,21+,22-,23+/m1/s1. The summed E-state index contributed by atoms with van der Waals surface area (Å²) in [5.41, 5.74) is -1.42. The number of carbonyl (C=O) groups is 2. The zero-order valence-corrected chi connectivity index (χ0v) is 16.4. The molecule has 3 heteroatoms. The second kappa shape index (κ2) is 5.68. The Morgan fingerprint density at radius 1 is 1.19 bits per heavy atom. The Bertz CT molecular complexity index is 690. The van der Waals surface area contributed by atoms with E-state index in [2.05, 4.69) is 19.8 Å². The molecule has 8 atom stereocenters. The van der Waals surface area contributed by atoms with Crippen molar-refractivity contribution in [2.75, 3.05) is 0 Å². The summed E-state index contributed by atoms with van der Waals surface area (Å²) in [5, 5.41) is 11.7. The summed E-state index contributed by atoms with van der Waals surface area (Å²) in [5.74, 6) is 4.67. The van der Waals surface area contributed by atoms with Crippen LogP contribution in [0.2, 0.25) is 0 Å². The average Bonchev–Trinajstić information content (AvgIpc) is 2.91. The third-order valence-corrected chi connectivity index (χ3v) is 9.17. The van der Waals surface area contributed by atoms with Crippen LogP contribution in [-0.4, -0.2) is 22.3 Å². The minimum Gasteiger partial charge on any atom is -0.377 e. The molecule has 0 heterocycles. The first-order valence-electron chi connectivity index (χ1n) is 10.4. The van der Waals surface area contributed by atoms with Gasteiger partial charge >= 0.3 is 0 Å². The second-order valence-electron chi connectivity index (χ2n) is 10.3. The molecule has 0 aromatic carbocycles. The van der Waals surface area contributed by atoms with Gasteiger partial charge in [0.2, 0.25) is 0 Å². The van der Waals surface area contributed by atoms with Crippen LogP contribution in [0, 0.1) is 52.8 Å². The van der Waals surface area contributed by atoms with Crippen LogP contribution in [0.15, 0.2) is 0 Å². The summed E-state index contributed by atoms with van der Waals surface area (Å²) in [6, 6.07) is 0. The Kier molecular flexibility index (Phi) is 3.98. The molecule has 26 heavy (non-hydrogen) atoms. The average molecular weight is 357 g/mol. The molecular formula is C23H32O3. The molecule has 0 amide bonds. The lowest BCUT2D eigenvalue weighted by molar-refractivity contribution is -0.197. The summed E-state index contributed by atoms with van der Waals surface area (Å²) in [7, 11) is 0. The Labute approximate surface area is 157 Å². The molecule has 0 spiro atoms. The van der Waals surface area contributed by atoms with Gasteiger partial charge in [0.15, 0.2) is 0 Å². The molecule has 0 unspecified atom stereocenters. The maximum atomic E-state index is 12.3. The number of hydrogen-bond donors (Lipinski definition) is 1. The minimum atomic E-state index is -1.16. The van der Waals surface area contributed by atoms with Crippen LogP contribution in [0.4, 0.5) is 0 Å². The van der Waals surface area contributed by atoms with E-state index in [-0.39, 0.29) is 28.4 Å². The van der Waals surface area contributed by atoms with Gasteiger partial charge in [0.25, 0.3) is 0 Å². The van der Waals surface area contributed by atoms with Crippen LogP contribution in [0.3, 0.4) is 0 Å². The van der Waals surface area contributed by atoms with Gasteiger partial charge in [-0.15, -0.1) is 6.42 Å². The molecule has 0 aromatic heterocycles. The number of ketones is 2. The first-order chi connectivity index (χ1) is 12.2. The van der Waals surface area contributed by atoms with E-state index >= 15 is 0 Å². The summed E-state index contributed by atoms with van der Waals surface area (Å²) in [6.45, 7) is 6.18. The van der Waals surface area contributed by atoms with Crippen LogP contribution in [0.25, 0.3) is 0 Å². The van der Waals surface area contributed by atoms with Crippen LogP contribution >= 0.6 is 0 Å². The Morgan fingerprint density at radius 2 is 1.92 bits per heavy atom. The first-order valence-corrected chi connectivity index (χ1v) is 10.4. The van der Waals surface area contributed by atoms with Gasteiger partial charge in [-0.3, -0.25) is 9.59 Å². The van der Waals surface area contributed by atoms with Crippen molar-refractivity contribution in [2.24, 2.45) is 40.4 Å². The number of fused-ring (bicyclic) bond motifs is 5. The van der Waals surface area contributed by atoms with Gasteiger partial charge in [0.1, 0.15) is 17.2 Å². The predicted octanol–water partition coefficient (Wildman–Crippen LogP) is 3.78. The molecule has 4 aliphatic rings. The van der Waals surface area contributed by atoms with Crippen LogP contribution in [-0.2, 0) is 9.59 Å². The number of carbonyl (C=O) groups excluding carboxylic acids is 2. The third-order valence-electron chi connectivity index (χ3n) is 9.17. The van der Waals surface area contributed by atoms with Crippen molar-refractivity contribution in [3.63, 3.8) is 0 Å². The molecule has 0 aliphatic heterocycles. The van der Waals surface area contributed by atoms with Crippen molar-refractivity contribution in [1.29, 1.82) is 0 Å². The molecule has 0 radical (unpaired) electrons. The van der Waals surface area contributed by atoms with Crippen LogP contribution < -0.4 is 0 Å². The number of rotatable bonds is 1. The fourth-order valence-corrected chi connectivity index (χ4v) is 8.17. The van der Waals surface area contributed by atoms with Gasteiger partial charge in [-0.05, 0) is 74.0 Å². The molecule has 4 aliphatic carbocycles. The Balaban J connectivity index is 1.78. The van der Waals surface area contributed by atoms with Crippen molar-refractivity contribution in [2.45, 2.75) is 77.7 Å². The lowest BCUT2D eigenvalue weighted by Crippen LogP contribution is -2.64. The molecule has 0 aromatic rings. The van der Waals surface area contributed by atoms with Crippen molar-refractivity contribution in [3.8, 4) is 12.3 Å². The molecule has 3 nitrogen and oxygen atoms in total. The highest BCUT2D eigenvalue weighted by Crippen LogP contribution is 2.69. The van der Waals surface area contributed by atoms with E-state index in [1.807, 2.05) is 0 Å². The first kappa shape index (κ1) is 18.2. The Morgan fingerprint density at radius 3 is 2.58 bits per heavy atom. The van der Waals surface area contributed by atoms with Crippen molar-refractivity contribution in [1.82, 2.24) is 0 Å². The van der Waals surface area contributed by atoms with Crippen molar-refractivity contribution >= 4 is 11.6 Å².